The van der Waals surface area contributed by atoms with Crippen LogP contribution in [0.5, 0.6) is 0 Å². The fraction of sp³-hybridized carbons (Fsp3) is 0.611. The van der Waals surface area contributed by atoms with Gasteiger partial charge in [-0.15, -0.1) is 10.2 Å². The molecule has 1 aliphatic rings. The minimum atomic E-state index is -0.390. The molecule has 0 spiro atoms. The van der Waals surface area contributed by atoms with E-state index in [0.29, 0.717) is 36.2 Å². The van der Waals surface area contributed by atoms with E-state index in [1.165, 1.54) is 11.8 Å². The van der Waals surface area contributed by atoms with Crippen LogP contribution in [0.3, 0.4) is 0 Å². The number of carbonyl (C=O) groups is 2. The Morgan fingerprint density at radius 1 is 1.36 bits per heavy atom. The molecule has 1 N–H and O–H groups in total. The first kappa shape index (κ1) is 20.4. The van der Waals surface area contributed by atoms with Crippen molar-refractivity contribution < 1.29 is 14.1 Å². The number of aromatic nitrogens is 4. The molecule has 2 aromatic rings. The summed E-state index contributed by atoms with van der Waals surface area (Å²) in [4.78, 5) is 26.5. The first-order valence-electron chi connectivity index (χ1n) is 9.58. The number of aryl methyl sites for hydroxylation is 1. The summed E-state index contributed by atoms with van der Waals surface area (Å²) in [7, 11) is 0. The van der Waals surface area contributed by atoms with Crippen LogP contribution in [0.15, 0.2) is 15.7 Å². The van der Waals surface area contributed by atoms with Gasteiger partial charge in [0.2, 0.25) is 11.8 Å². The van der Waals surface area contributed by atoms with Gasteiger partial charge in [-0.1, -0.05) is 23.3 Å². The second-order valence-electron chi connectivity index (χ2n) is 6.84. The smallest absolute Gasteiger partial charge is 0.238 e. The molecule has 2 aromatic heterocycles. The highest BCUT2D eigenvalue weighted by Gasteiger charge is 2.23. The SMILES string of the molecule is CCn1c(CN2CCCCCC2=O)nnc1SC(C)C(=O)Nc1cc(C)on1. The Morgan fingerprint density at radius 2 is 2.18 bits per heavy atom. The lowest BCUT2D eigenvalue weighted by Gasteiger charge is -2.20. The Kier molecular flexibility index (Phi) is 6.71. The summed E-state index contributed by atoms with van der Waals surface area (Å²) >= 11 is 1.33. The molecule has 0 radical (unpaired) electrons. The van der Waals surface area contributed by atoms with E-state index in [0.717, 1.165) is 31.6 Å². The van der Waals surface area contributed by atoms with Crippen LogP contribution in [0, 0.1) is 6.92 Å². The largest absolute Gasteiger partial charge is 0.360 e. The van der Waals surface area contributed by atoms with Gasteiger partial charge in [-0.25, -0.2) is 0 Å². The molecule has 0 aliphatic carbocycles. The van der Waals surface area contributed by atoms with Crippen LogP contribution in [-0.2, 0) is 22.7 Å². The molecule has 0 aromatic carbocycles. The number of nitrogens with one attached hydrogen (secondary N) is 1. The molecule has 9 nitrogen and oxygen atoms in total. The molecule has 0 bridgehead atoms. The third kappa shape index (κ3) is 4.92. The van der Waals surface area contributed by atoms with Gasteiger partial charge in [-0.3, -0.25) is 9.59 Å². The minimum Gasteiger partial charge on any atom is -0.360 e. The van der Waals surface area contributed by atoms with E-state index in [9.17, 15) is 9.59 Å². The molecule has 152 valence electrons. The van der Waals surface area contributed by atoms with Crippen molar-refractivity contribution in [2.45, 2.75) is 70.0 Å². The summed E-state index contributed by atoms with van der Waals surface area (Å²) in [5.41, 5.74) is 0. The van der Waals surface area contributed by atoms with Gasteiger partial charge in [-0.2, -0.15) is 0 Å². The average Bonchev–Trinajstić information content (AvgIpc) is 3.18. The van der Waals surface area contributed by atoms with E-state index in [-0.39, 0.29) is 17.1 Å². The van der Waals surface area contributed by atoms with Gasteiger partial charge in [0, 0.05) is 25.6 Å². The van der Waals surface area contributed by atoms with Crippen LogP contribution in [-0.4, -0.2) is 48.4 Å². The monoisotopic (exact) mass is 406 g/mol. The minimum absolute atomic E-state index is 0.174. The Hall–Kier alpha value is -2.36. The summed E-state index contributed by atoms with van der Waals surface area (Å²) in [6.45, 7) is 7.46. The van der Waals surface area contributed by atoms with Gasteiger partial charge in [0.15, 0.2) is 16.8 Å². The first-order valence-corrected chi connectivity index (χ1v) is 10.5. The fourth-order valence-corrected chi connectivity index (χ4v) is 4.01. The highest BCUT2D eigenvalue weighted by molar-refractivity contribution is 8.00. The Balaban J connectivity index is 1.65. The van der Waals surface area contributed by atoms with Gasteiger partial charge < -0.3 is 19.3 Å². The van der Waals surface area contributed by atoms with Crippen molar-refractivity contribution in [3.05, 3.63) is 17.7 Å². The van der Waals surface area contributed by atoms with Gasteiger partial charge in [0.25, 0.3) is 0 Å². The molecule has 0 saturated carbocycles. The molecule has 1 atom stereocenters. The van der Waals surface area contributed by atoms with Crippen LogP contribution < -0.4 is 5.32 Å². The molecule has 3 heterocycles. The number of anilines is 1. The van der Waals surface area contributed by atoms with Gasteiger partial charge in [0.05, 0.1) is 11.8 Å². The average molecular weight is 407 g/mol. The highest BCUT2D eigenvalue weighted by Crippen LogP contribution is 2.24. The van der Waals surface area contributed by atoms with Crippen molar-refractivity contribution in [1.29, 1.82) is 0 Å². The van der Waals surface area contributed by atoms with Crippen LogP contribution in [0.2, 0.25) is 0 Å². The zero-order valence-electron chi connectivity index (χ0n) is 16.5. The van der Waals surface area contributed by atoms with Crippen LogP contribution in [0.25, 0.3) is 0 Å². The van der Waals surface area contributed by atoms with E-state index in [4.69, 9.17) is 4.52 Å². The molecule has 2 amide bonds. The fourth-order valence-electron chi connectivity index (χ4n) is 3.08. The Labute approximate surface area is 168 Å². The third-order valence-electron chi connectivity index (χ3n) is 4.64. The predicted molar refractivity (Wildman–Crippen MR) is 105 cm³/mol. The standard InChI is InChI=1S/C18H26N6O3S/c1-4-24-15(11-23-9-7-5-6-8-16(23)25)20-21-18(24)28-13(3)17(26)19-14-10-12(2)27-22-14/h10,13H,4-9,11H2,1-3H3,(H,19,22,26). The van der Waals surface area contributed by atoms with Gasteiger partial charge >= 0.3 is 0 Å². The van der Waals surface area contributed by atoms with E-state index in [2.05, 4.69) is 20.7 Å². The lowest BCUT2D eigenvalue weighted by atomic mass is 10.2. The van der Waals surface area contributed by atoms with Gasteiger partial charge in [0.1, 0.15) is 5.76 Å². The lowest BCUT2D eigenvalue weighted by Crippen LogP contribution is -2.31. The van der Waals surface area contributed by atoms with Crippen LogP contribution >= 0.6 is 11.8 Å². The normalized spacial score (nSPS) is 16.1. The number of nitrogens with zero attached hydrogens (tertiary/aromatic N) is 5. The molecule has 28 heavy (non-hydrogen) atoms. The van der Waals surface area contributed by atoms with Gasteiger partial charge in [-0.05, 0) is 33.6 Å². The molecule has 1 unspecified atom stereocenters. The maximum absolute atomic E-state index is 12.4. The quantitative estimate of drug-likeness (QED) is 0.705. The van der Waals surface area contributed by atoms with E-state index in [1.54, 1.807) is 19.9 Å². The second-order valence-corrected chi connectivity index (χ2v) is 8.15. The zero-order valence-corrected chi connectivity index (χ0v) is 17.3. The Morgan fingerprint density at radius 3 is 2.89 bits per heavy atom. The molecule has 10 heteroatoms. The second kappa shape index (κ2) is 9.22. The Bertz CT molecular complexity index is 833. The number of hydrogen-bond donors (Lipinski definition) is 1. The summed E-state index contributed by atoms with van der Waals surface area (Å²) in [6, 6.07) is 1.67. The highest BCUT2D eigenvalue weighted by atomic mass is 32.2. The summed E-state index contributed by atoms with van der Waals surface area (Å²) in [5, 5.41) is 15.3. The maximum Gasteiger partial charge on any atom is 0.238 e. The van der Waals surface area contributed by atoms with Crippen molar-refractivity contribution in [2.75, 3.05) is 11.9 Å². The van der Waals surface area contributed by atoms with E-state index >= 15 is 0 Å². The number of amides is 2. The molecular weight excluding hydrogens is 380 g/mol. The molecule has 1 fully saturated rings. The number of hydrogen-bond acceptors (Lipinski definition) is 7. The predicted octanol–water partition coefficient (Wildman–Crippen LogP) is 2.62. The first-order chi connectivity index (χ1) is 13.5. The van der Waals surface area contributed by atoms with E-state index in [1.807, 2.05) is 16.4 Å². The third-order valence-corrected chi connectivity index (χ3v) is 5.72. The topological polar surface area (TPSA) is 106 Å². The van der Waals surface area contributed by atoms with Crippen molar-refractivity contribution in [3.8, 4) is 0 Å². The molecule has 1 saturated heterocycles. The molecule has 3 rings (SSSR count). The van der Waals surface area contributed by atoms with Crippen molar-refractivity contribution in [3.63, 3.8) is 0 Å². The summed E-state index contributed by atoms with van der Waals surface area (Å²) < 4.78 is 6.93. The van der Waals surface area contributed by atoms with Crippen molar-refractivity contribution >= 4 is 29.4 Å². The van der Waals surface area contributed by atoms with Crippen LogP contribution in [0.4, 0.5) is 5.82 Å². The zero-order chi connectivity index (χ0) is 20.1. The number of thioether (sulfide) groups is 1. The summed E-state index contributed by atoms with van der Waals surface area (Å²) in [6.07, 6.45) is 3.66. The number of rotatable bonds is 7. The maximum atomic E-state index is 12.4. The number of carbonyl (C=O) groups excluding carboxylic acids is 2. The number of likely N-dealkylation sites (tertiary alicyclic amines) is 1. The lowest BCUT2D eigenvalue weighted by molar-refractivity contribution is -0.131. The van der Waals surface area contributed by atoms with Crippen LogP contribution in [0.1, 0.15) is 51.1 Å². The van der Waals surface area contributed by atoms with Crippen molar-refractivity contribution in [2.24, 2.45) is 0 Å². The molecular formula is C18H26N6O3S. The van der Waals surface area contributed by atoms with E-state index < -0.39 is 0 Å². The molecule has 1 aliphatic heterocycles. The summed E-state index contributed by atoms with van der Waals surface area (Å²) in [5.74, 6) is 1.77. The van der Waals surface area contributed by atoms with Crippen molar-refractivity contribution in [1.82, 2.24) is 24.8 Å².